The van der Waals surface area contributed by atoms with Gasteiger partial charge in [-0.3, -0.25) is 14.6 Å². The SMILES string of the molecule is Cc1c(Cl)cccc1OC[C@@H](C)NC(=O)c1[nH]c(=O)[nH]c(=O)c1N. The number of hydrogen-bond donors (Lipinski definition) is 4. The molecule has 1 amide bonds. The molecule has 5 N–H and O–H groups in total. The summed E-state index contributed by atoms with van der Waals surface area (Å²) in [4.78, 5) is 38.9. The molecule has 0 bridgehead atoms. The van der Waals surface area contributed by atoms with Crippen LogP contribution in [0.4, 0.5) is 5.69 Å². The summed E-state index contributed by atoms with van der Waals surface area (Å²) < 4.78 is 5.62. The molecule has 2 rings (SSSR count). The smallest absolute Gasteiger partial charge is 0.326 e. The first-order valence-electron chi connectivity index (χ1n) is 7.10. The van der Waals surface area contributed by atoms with Gasteiger partial charge in [-0.1, -0.05) is 17.7 Å². The summed E-state index contributed by atoms with van der Waals surface area (Å²) in [6.07, 6.45) is 0. The number of ether oxygens (including phenoxy) is 1. The molecule has 0 unspecified atom stereocenters. The number of nitrogens with one attached hydrogen (secondary N) is 3. The van der Waals surface area contributed by atoms with E-state index in [1.807, 2.05) is 11.9 Å². The van der Waals surface area contributed by atoms with E-state index in [-0.39, 0.29) is 18.0 Å². The van der Waals surface area contributed by atoms with E-state index in [2.05, 4.69) is 10.3 Å². The highest BCUT2D eigenvalue weighted by molar-refractivity contribution is 6.31. The Bertz CT molecular complexity index is 875. The van der Waals surface area contributed by atoms with Crippen molar-refractivity contribution in [3.05, 3.63) is 55.3 Å². The van der Waals surface area contributed by atoms with Gasteiger partial charge in [-0.05, 0) is 26.0 Å². The van der Waals surface area contributed by atoms with Crippen molar-refractivity contribution in [2.75, 3.05) is 12.3 Å². The van der Waals surface area contributed by atoms with Crippen molar-refractivity contribution in [2.45, 2.75) is 19.9 Å². The Labute approximate surface area is 142 Å². The average molecular weight is 353 g/mol. The standard InChI is InChI=1S/C15H17ClN4O4/c1-7(6-24-10-5-3-4-9(16)8(10)2)18-14(22)12-11(17)13(21)20-15(23)19-12/h3-5,7H,6,17H2,1-2H3,(H,18,22)(H2,19,20,21,23)/t7-/m1/s1. The van der Waals surface area contributed by atoms with Crippen LogP contribution in [-0.2, 0) is 0 Å². The van der Waals surface area contributed by atoms with Crippen LogP contribution in [0.25, 0.3) is 0 Å². The van der Waals surface area contributed by atoms with Gasteiger partial charge in [0.1, 0.15) is 23.7 Å². The molecule has 0 spiro atoms. The number of nitrogen functional groups attached to an aromatic ring is 1. The molecule has 0 saturated heterocycles. The largest absolute Gasteiger partial charge is 0.491 e. The molecule has 0 aliphatic carbocycles. The predicted molar refractivity (Wildman–Crippen MR) is 90.7 cm³/mol. The number of aromatic amines is 2. The van der Waals surface area contributed by atoms with Crippen LogP contribution in [0.3, 0.4) is 0 Å². The molecular weight excluding hydrogens is 336 g/mol. The summed E-state index contributed by atoms with van der Waals surface area (Å²) in [5, 5.41) is 3.18. The lowest BCUT2D eigenvalue weighted by molar-refractivity contribution is 0.0922. The lowest BCUT2D eigenvalue weighted by Gasteiger charge is -2.16. The van der Waals surface area contributed by atoms with Crippen molar-refractivity contribution in [1.29, 1.82) is 0 Å². The minimum atomic E-state index is -0.817. The number of nitrogens with two attached hydrogens (primary N) is 1. The van der Waals surface area contributed by atoms with E-state index >= 15 is 0 Å². The number of H-pyrrole nitrogens is 2. The number of aromatic nitrogens is 2. The number of halogens is 1. The number of hydrogen-bond acceptors (Lipinski definition) is 5. The van der Waals surface area contributed by atoms with Crippen LogP contribution >= 0.6 is 11.6 Å². The van der Waals surface area contributed by atoms with Crippen molar-refractivity contribution < 1.29 is 9.53 Å². The normalized spacial score (nSPS) is 11.8. The third-order valence-corrected chi connectivity index (χ3v) is 3.70. The Morgan fingerprint density at radius 3 is 2.79 bits per heavy atom. The zero-order valence-corrected chi connectivity index (χ0v) is 13.9. The molecule has 1 aromatic heterocycles. The summed E-state index contributed by atoms with van der Waals surface area (Å²) in [6, 6.07) is 4.87. The molecule has 0 aliphatic rings. The first-order valence-corrected chi connectivity index (χ1v) is 7.48. The third kappa shape index (κ3) is 3.96. The van der Waals surface area contributed by atoms with Crippen LogP contribution in [-0.4, -0.2) is 28.5 Å². The van der Waals surface area contributed by atoms with Gasteiger partial charge < -0.3 is 20.8 Å². The fourth-order valence-electron chi connectivity index (χ4n) is 1.97. The van der Waals surface area contributed by atoms with Gasteiger partial charge in [0.2, 0.25) is 0 Å². The molecule has 128 valence electrons. The van der Waals surface area contributed by atoms with Crippen LogP contribution in [0.1, 0.15) is 23.0 Å². The summed E-state index contributed by atoms with van der Waals surface area (Å²) in [6.45, 7) is 3.70. The van der Waals surface area contributed by atoms with Gasteiger partial charge in [0.25, 0.3) is 11.5 Å². The quantitative estimate of drug-likeness (QED) is 0.632. The Morgan fingerprint density at radius 1 is 1.38 bits per heavy atom. The van der Waals surface area contributed by atoms with Crippen molar-refractivity contribution in [2.24, 2.45) is 0 Å². The van der Waals surface area contributed by atoms with E-state index < -0.39 is 23.2 Å². The second-order valence-corrected chi connectivity index (χ2v) is 5.65. The van der Waals surface area contributed by atoms with Gasteiger partial charge in [0.05, 0.1) is 6.04 Å². The summed E-state index contributed by atoms with van der Waals surface area (Å²) in [7, 11) is 0. The first-order chi connectivity index (χ1) is 11.3. The van der Waals surface area contributed by atoms with E-state index in [0.717, 1.165) is 5.56 Å². The zero-order chi connectivity index (χ0) is 17.9. The number of carbonyl (C=O) groups excluding carboxylic acids is 1. The van der Waals surface area contributed by atoms with Crippen molar-refractivity contribution >= 4 is 23.2 Å². The number of carbonyl (C=O) groups is 1. The molecule has 0 saturated carbocycles. The van der Waals surface area contributed by atoms with Gasteiger partial charge in [0.15, 0.2) is 0 Å². The fraction of sp³-hybridized carbons (Fsp3) is 0.267. The summed E-state index contributed by atoms with van der Waals surface area (Å²) >= 11 is 6.01. The van der Waals surface area contributed by atoms with Crippen LogP contribution in [0, 0.1) is 6.92 Å². The van der Waals surface area contributed by atoms with Gasteiger partial charge in [0, 0.05) is 10.6 Å². The second-order valence-electron chi connectivity index (χ2n) is 5.25. The number of amides is 1. The van der Waals surface area contributed by atoms with Gasteiger partial charge >= 0.3 is 5.69 Å². The minimum Gasteiger partial charge on any atom is -0.491 e. The maximum absolute atomic E-state index is 12.1. The number of benzene rings is 1. The molecule has 2 aromatic rings. The monoisotopic (exact) mass is 352 g/mol. The second kappa shape index (κ2) is 7.22. The highest BCUT2D eigenvalue weighted by Crippen LogP contribution is 2.25. The summed E-state index contributed by atoms with van der Waals surface area (Å²) in [5.74, 6) is -0.0673. The first kappa shape index (κ1) is 17.6. The van der Waals surface area contributed by atoms with E-state index in [1.54, 1.807) is 25.1 Å². The topological polar surface area (TPSA) is 130 Å². The maximum Gasteiger partial charge on any atom is 0.326 e. The van der Waals surface area contributed by atoms with Crippen molar-refractivity contribution in [1.82, 2.24) is 15.3 Å². The number of anilines is 1. The van der Waals surface area contributed by atoms with Crippen LogP contribution in [0.15, 0.2) is 27.8 Å². The molecule has 8 nitrogen and oxygen atoms in total. The zero-order valence-electron chi connectivity index (χ0n) is 13.1. The molecule has 0 aliphatic heterocycles. The lowest BCUT2D eigenvalue weighted by Crippen LogP contribution is -2.40. The van der Waals surface area contributed by atoms with Crippen molar-refractivity contribution in [3.8, 4) is 5.75 Å². The van der Waals surface area contributed by atoms with Crippen LogP contribution in [0.5, 0.6) is 5.75 Å². The van der Waals surface area contributed by atoms with E-state index in [4.69, 9.17) is 22.1 Å². The molecule has 1 heterocycles. The molecule has 1 atom stereocenters. The predicted octanol–water partition coefficient (Wildman–Crippen LogP) is 0.805. The van der Waals surface area contributed by atoms with E-state index in [9.17, 15) is 14.4 Å². The van der Waals surface area contributed by atoms with E-state index in [0.29, 0.717) is 10.8 Å². The van der Waals surface area contributed by atoms with E-state index in [1.165, 1.54) is 0 Å². The van der Waals surface area contributed by atoms with Gasteiger partial charge in [-0.25, -0.2) is 4.79 Å². The molecule has 9 heteroatoms. The van der Waals surface area contributed by atoms with Crippen molar-refractivity contribution in [3.63, 3.8) is 0 Å². The highest BCUT2D eigenvalue weighted by atomic mass is 35.5. The number of rotatable bonds is 5. The minimum absolute atomic E-state index is 0.167. The van der Waals surface area contributed by atoms with Crippen LogP contribution < -0.4 is 27.0 Å². The fourth-order valence-corrected chi connectivity index (χ4v) is 2.14. The van der Waals surface area contributed by atoms with Gasteiger partial charge in [-0.2, -0.15) is 0 Å². The molecule has 0 radical (unpaired) electrons. The molecule has 24 heavy (non-hydrogen) atoms. The summed E-state index contributed by atoms with van der Waals surface area (Å²) in [5.41, 5.74) is 4.04. The molecule has 1 aromatic carbocycles. The Morgan fingerprint density at radius 2 is 2.08 bits per heavy atom. The molecule has 0 fully saturated rings. The Hall–Kier alpha value is -2.74. The average Bonchev–Trinajstić information content (AvgIpc) is 2.52. The highest BCUT2D eigenvalue weighted by Gasteiger charge is 2.17. The Balaban J connectivity index is 2.03. The lowest BCUT2D eigenvalue weighted by atomic mass is 10.2. The van der Waals surface area contributed by atoms with Gasteiger partial charge in [-0.15, -0.1) is 0 Å². The maximum atomic E-state index is 12.1. The Kier molecular flexibility index (Phi) is 5.30. The molecular formula is C15H17ClN4O4. The van der Waals surface area contributed by atoms with Crippen LogP contribution in [0.2, 0.25) is 5.02 Å². The third-order valence-electron chi connectivity index (χ3n) is 3.29.